The van der Waals surface area contributed by atoms with Gasteiger partial charge in [0, 0.05) is 44.4 Å². The molecule has 1 saturated heterocycles. The predicted molar refractivity (Wildman–Crippen MR) is 144 cm³/mol. The van der Waals surface area contributed by atoms with Crippen LogP contribution in [0.3, 0.4) is 0 Å². The summed E-state index contributed by atoms with van der Waals surface area (Å²) >= 11 is 0. The molecule has 0 radical (unpaired) electrons. The lowest BCUT2D eigenvalue weighted by Crippen LogP contribution is -2.48. The van der Waals surface area contributed by atoms with Crippen LogP contribution in [0.1, 0.15) is 63.4 Å². The highest BCUT2D eigenvalue weighted by Crippen LogP contribution is 2.42. The summed E-state index contributed by atoms with van der Waals surface area (Å²) in [4.78, 5) is 39.4. The third-order valence-electron chi connectivity index (χ3n) is 8.58. The molecule has 3 aliphatic rings. The summed E-state index contributed by atoms with van der Waals surface area (Å²) in [6.07, 6.45) is 10.6. The molecule has 208 valence electrons. The Labute approximate surface area is 225 Å². The number of hydrogen-bond acceptors (Lipinski definition) is 6. The Morgan fingerprint density at radius 1 is 1.13 bits per heavy atom. The van der Waals surface area contributed by atoms with E-state index in [9.17, 15) is 24.8 Å². The number of likely N-dealkylation sites (tertiary alicyclic amines) is 1. The summed E-state index contributed by atoms with van der Waals surface area (Å²) in [6, 6.07) is 6.08. The van der Waals surface area contributed by atoms with Gasteiger partial charge in [0.2, 0.25) is 0 Å². The minimum absolute atomic E-state index is 0.00355. The smallest absolute Gasteiger partial charge is 0.410 e. The average Bonchev–Trinajstić information content (AvgIpc) is 3.74. The van der Waals surface area contributed by atoms with Crippen LogP contribution in [0.25, 0.3) is 0 Å². The van der Waals surface area contributed by atoms with Crippen molar-refractivity contribution in [3.63, 3.8) is 0 Å². The zero-order valence-corrected chi connectivity index (χ0v) is 22.2. The summed E-state index contributed by atoms with van der Waals surface area (Å²) < 4.78 is 5.54. The fourth-order valence-electron chi connectivity index (χ4n) is 6.30. The number of nitro benzene ring substituents is 1. The number of non-ortho nitro benzene ring substituents is 1. The van der Waals surface area contributed by atoms with E-state index in [1.54, 1.807) is 23.1 Å². The van der Waals surface area contributed by atoms with Crippen LogP contribution in [0.15, 0.2) is 36.9 Å². The highest BCUT2D eigenvalue weighted by Gasteiger charge is 2.37. The molecule has 0 aromatic heterocycles. The van der Waals surface area contributed by atoms with Gasteiger partial charge in [-0.1, -0.05) is 25.3 Å². The maximum absolute atomic E-state index is 12.9. The third-order valence-corrected chi connectivity index (χ3v) is 8.58. The van der Waals surface area contributed by atoms with Gasteiger partial charge in [-0.3, -0.25) is 14.9 Å². The molecule has 1 aromatic carbocycles. The number of carbonyl (C=O) groups excluding carboxylic acids is 1. The zero-order valence-electron chi connectivity index (χ0n) is 22.2. The number of piperidine rings is 1. The van der Waals surface area contributed by atoms with E-state index in [1.165, 1.54) is 31.4 Å². The van der Waals surface area contributed by atoms with Gasteiger partial charge in [-0.15, -0.1) is 6.58 Å². The van der Waals surface area contributed by atoms with Crippen molar-refractivity contribution >= 4 is 17.7 Å². The van der Waals surface area contributed by atoms with E-state index in [-0.39, 0.29) is 24.3 Å². The summed E-state index contributed by atoms with van der Waals surface area (Å²) in [5, 5.41) is 20.7. The highest BCUT2D eigenvalue weighted by atomic mass is 16.6. The molecule has 3 atom stereocenters. The van der Waals surface area contributed by atoms with Crippen LogP contribution in [0, 0.1) is 33.8 Å². The largest absolute Gasteiger partial charge is 0.481 e. The summed E-state index contributed by atoms with van der Waals surface area (Å²) in [5.41, 5.74) is 0.703. The average molecular weight is 528 g/mol. The SMILES string of the molecule is C=CCN(C(=O)OCc1ccc([N+](=O)[O-])cc1)C1CCN(CC2CCCC(C(CC3CC3)C(=O)O)C2)CC1. The number of rotatable bonds is 12. The van der Waals surface area contributed by atoms with E-state index in [0.29, 0.717) is 29.9 Å². The predicted octanol–water partition coefficient (Wildman–Crippen LogP) is 5.49. The Balaban J connectivity index is 1.24. The van der Waals surface area contributed by atoms with Crippen LogP contribution < -0.4 is 0 Å². The molecule has 1 heterocycles. The first-order valence-electron chi connectivity index (χ1n) is 14.1. The van der Waals surface area contributed by atoms with Gasteiger partial charge in [0.25, 0.3) is 5.69 Å². The monoisotopic (exact) mass is 527 g/mol. The molecule has 1 N–H and O–H groups in total. The second-order valence-electron chi connectivity index (χ2n) is 11.4. The molecule has 1 aliphatic heterocycles. The number of hydrogen-bond donors (Lipinski definition) is 1. The lowest BCUT2D eigenvalue weighted by Gasteiger charge is -2.40. The quantitative estimate of drug-likeness (QED) is 0.217. The number of carboxylic acids is 1. The van der Waals surface area contributed by atoms with Gasteiger partial charge in [0.1, 0.15) is 6.61 Å². The van der Waals surface area contributed by atoms with Crippen molar-refractivity contribution in [2.45, 2.75) is 70.4 Å². The Morgan fingerprint density at radius 2 is 1.84 bits per heavy atom. The van der Waals surface area contributed by atoms with Crippen molar-refractivity contribution in [2.75, 3.05) is 26.2 Å². The number of carboxylic acid groups (broad SMARTS) is 1. The molecule has 2 aliphatic carbocycles. The molecule has 1 amide bonds. The van der Waals surface area contributed by atoms with Crippen molar-refractivity contribution in [3.8, 4) is 0 Å². The van der Waals surface area contributed by atoms with Crippen LogP contribution >= 0.6 is 0 Å². The Morgan fingerprint density at radius 3 is 2.45 bits per heavy atom. The number of carbonyl (C=O) groups is 2. The molecular formula is C29H41N3O6. The first-order valence-corrected chi connectivity index (χ1v) is 14.1. The maximum Gasteiger partial charge on any atom is 0.410 e. The Bertz CT molecular complexity index is 971. The lowest BCUT2D eigenvalue weighted by atomic mass is 9.73. The van der Waals surface area contributed by atoms with Gasteiger partial charge in [-0.2, -0.15) is 0 Å². The zero-order chi connectivity index (χ0) is 27.1. The minimum Gasteiger partial charge on any atom is -0.481 e. The van der Waals surface area contributed by atoms with Gasteiger partial charge in [-0.05, 0) is 74.0 Å². The van der Waals surface area contributed by atoms with Crippen LogP contribution in [-0.4, -0.2) is 64.1 Å². The number of amides is 1. The van der Waals surface area contributed by atoms with E-state index in [2.05, 4.69) is 11.5 Å². The summed E-state index contributed by atoms with van der Waals surface area (Å²) in [6.45, 7) is 7.08. The number of nitrogens with zero attached hydrogens (tertiary/aromatic N) is 3. The molecule has 0 spiro atoms. The molecule has 0 bridgehead atoms. The van der Waals surface area contributed by atoms with E-state index in [0.717, 1.165) is 58.2 Å². The van der Waals surface area contributed by atoms with Crippen LogP contribution in [0.2, 0.25) is 0 Å². The van der Waals surface area contributed by atoms with Crippen molar-refractivity contribution in [1.82, 2.24) is 9.80 Å². The number of benzene rings is 1. The lowest BCUT2D eigenvalue weighted by molar-refractivity contribution is -0.384. The normalized spacial score (nSPS) is 23.4. The summed E-state index contributed by atoms with van der Waals surface area (Å²) in [5.74, 6) is 0.696. The molecule has 3 fully saturated rings. The Hall–Kier alpha value is -2.94. The molecule has 2 saturated carbocycles. The van der Waals surface area contributed by atoms with Gasteiger partial charge >= 0.3 is 12.1 Å². The van der Waals surface area contributed by atoms with E-state index in [4.69, 9.17) is 4.74 Å². The van der Waals surface area contributed by atoms with Crippen molar-refractivity contribution in [3.05, 3.63) is 52.6 Å². The van der Waals surface area contributed by atoms with E-state index >= 15 is 0 Å². The van der Waals surface area contributed by atoms with E-state index in [1.807, 2.05) is 0 Å². The van der Waals surface area contributed by atoms with Gasteiger partial charge < -0.3 is 19.6 Å². The maximum atomic E-state index is 12.9. The molecule has 38 heavy (non-hydrogen) atoms. The fourth-order valence-corrected chi connectivity index (χ4v) is 6.30. The molecule has 9 nitrogen and oxygen atoms in total. The first kappa shape index (κ1) is 28.1. The Kier molecular flexibility index (Phi) is 9.77. The number of ether oxygens (including phenoxy) is 1. The van der Waals surface area contributed by atoms with Crippen molar-refractivity contribution in [2.24, 2.45) is 23.7 Å². The van der Waals surface area contributed by atoms with Gasteiger partial charge in [0.05, 0.1) is 10.8 Å². The second-order valence-corrected chi connectivity index (χ2v) is 11.4. The fraction of sp³-hybridized carbons (Fsp3) is 0.655. The van der Waals surface area contributed by atoms with Crippen LogP contribution in [-0.2, 0) is 16.1 Å². The molecule has 3 unspecified atom stereocenters. The van der Waals surface area contributed by atoms with Gasteiger partial charge in [-0.25, -0.2) is 4.79 Å². The molecule has 1 aromatic rings. The highest BCUT2D eigenvalue weighted by molar-refractivity contribution is 5.70. The molecular weight excluding hydrogens is 486 g/mol. The topological polar surface area (TPSA) is 113 Å². The first-order chi connectivity index (χ1) is 18.3. The second kappa shape index (κ2) is 13.2. The molecule has 4 rings (SSSR count). The van der Waals surface area contributed by atoms with Crippen molar-refractivity contribution < 1.29 is 24.4 Å². The number of aliphatic carboxylic acids is 1. The van der Waals surface area contributed by atoms with Crippen molar-refractivity contribution in [1.29, 1.82) is 0 Å². The van der Waals surface area contributed by atoms with Crippen LogP contribution in [0.5, 0.6) is 0 Å². The standard InChI is InChI=1S/C29H41N3O6/c1-2-14-31(29(35)38-20-22-8-10-26(11-9-22)32(36)37)25-12-15-30(16-13-25)19-23-4-3-5-24(17-23)27(28(33)34)18-21-6-7-21/h2,8-11,21,23-25,27H,1,3-7,12-20H2,(H,33,34). The van der Waals surface area contributed by atoms with Gasteiger partial charge in [0.15, 0.2) is 0 Å². The number of nitro groups is 1. The summed E-state index contributed by atoms with van der Waals surface area (Å²) in [7, 11) is 0. The third kappa shape index (κ3) is 7.79. The minimum atomic E-state index is -0.605. The van der Waals surface area contributed by atoms with E-state index < -0.39 is 17.0 Å². The van der Waals surface area contributed by atoms with Crippen LogP contribution in [0.4, 0.5) is 10.5 Å². The molecule has 9 heteroatoms.